The van der Waals surface area contributed by atoms with Crippen molar-refractivity contribution in [3.05, 3.63) is 74.1 Å². The van der Waals surface area contributed by atoms with Crippen LogP contribution in [0.2, 0.25) is 0 Å². The first-order valence-corrected chi connectivity index (χ1v) is 14.1. The average molecular weight is 498 g/mol. The zero-order chi connectivity index (χ0) is 23.0. The number of fused-ring (bicyclic) bond motifs is 1. The fourth-order valence-corrected chi connectivity index (χ4v) is 7.96. The number of sulfonamides is 1. The van der Waals surface area contributed by atoms with Gasteiger partial charge in [0.1, 0.15) is 0 Å². The van der Waals surface area contributed by atoms with Crippen LogP contribution in [0.4, 0.5) is 0 Å². The first-order chi connectivity index (χ1) is 16.0. The summed E-state index contributed by atoms with van der Waals surface area (Å²) < 4.78 is 27.5. The minimum Gasteiger partial charge on any atom is -0.330 e. The Morgan fingerprint density at radius 3 is 2.42 bits per heavy atom. The normalized spacial score (nSPS) is 19.7. The summed E-state index contributed by atoms with van der Waals surface area (Å²) in [6.45, 7) is 1.33. The number of rotatable bonds is 4. The number of benzene rings is 1. The Balaban J connectivity index is 1.31. The smallest absolute Gasteiger partial charge is 0.243 e. The molecule has 3 aromatic rings. The van der Waals surface area contributed by atoms with Gasteiger partial charge in [0, 0.05) is 35.3 Å². The molecule has 1 aromatic carbocycles. The quantitative estimate of drug-likeness (QED) is 0.539. The molecule has 5 rings (SSSR count). The maximum Gasteiger partial charge on any atom is 0.243 e. The topological polar surface area (TPSA) is 81.5 Å². The predicted octanol–water partition coefficient (Wildman–Crippen LogP) is 4.26. The molecule has 170 valence electrons. The number of amides is 1. The van der Waals surface area contributed by atoms with Crippen molar-refractivity contribution in [1.29, 1.82) is 5.26 Å². The van der Waals surface area contributed by atoms with Gasteiger partial charge in [0.05, 0.1) is 22.6 Å². The second-order valence-electron chi connectivity index (χ2n) is 8.31. The van der Waals surface area contributed by atoms with Gasteiger partial charge in [-0.25, -0.2) is 8.42 Å². The van der Waals surface area contributed by atoms with Crippen molar-refractivity contribution in [2.24, 2.45) is 5.92 Å². The Morgan fingerprint density at radius 2 is 1.76 bits per heavy atom. The number of carbonyl (C=O) groups is 1. The van der Waals surface area contributed by atoms with Crippen molar-refractivity contribution in [2.75, 3.05) is 19.6 Å². The van der Waals surface area contributed by atoms with Gasteiger partial charge >= 0.3 is 0 Å². The van der Waals surface area contributed by atoms with E-state index in [-0.39, 0.29) is 22.8 Å². The number of carbonyl (C=O) groups excluding carboxylic acids is 1. The maximum atomic E-state index is 13.6. The molecule has 6 nitrogen and oxygen atoms in total. The minimum absolute atomic E-state index is 0.0482. The second kappa shape index (κ2) is 9.03. The summed E-state index contributed by atoms with van der Waals surface area (Å²) in [5, 5.41) is 13.1. The van der Waals surface area contributed by atoms with Gasteiger partial charge in [-0.1, -0.05) is 6.07 Å². The van der Waals surface area contributed by atoms with E-state index in [2.05, 4.69) is 17.5 Å². The monoisotopic (exact) mass is 497 g/mol. The molecule has 0 aliphatic carbocycles. The van der Waals surface area contributed by atoms with Crippen molar-refractivity contribution in [1.82, 2.24) is 9.21 Å². The van der Waals surface area contributed by atoms with E-state index in [1.165, 1.54) is 43.9 Å². The number of piperidine rings is 1. The van der Waals surface area contributed by atoms with Crippen LogP contribution in [-0.2, 0) is 21.2 Å². The van der Waals surface area contributed by atoms with Gasteiger partial charge in [0.2, 0.25) is 15.9 Å². The molecule has 1 fully saturated rings. The van der Waals surface area contributed by atoms with Gasteiger partial charge in [0.25, 0.3) is 0 Å². The Morgan fingerprint density at radius 1 is 1.00 bits per heavy atom. The molecule has 33 heavy (non-hydrogen) atoms. The van der Waals surface area contributed by atoms with E-state index in [0.29, 0.717) is 38.0 Å². The molecule has 1 atom stereocenters. The highest BCUT2D eigenvalue weighted by Crippen LogP contribution is 2.41. The zero-order valence-electron chi connectivity index (χ0n) is 17.9. The van der Waals surface area contributed by atoms with Crippen molar-refractivity contribution in [3.8, 4) is 6.07 Å². The lowest BCUT2D eigenvalue weighted by molar-refractivity contribution is -0.138. The van der Waals surface area contributed by atoms with Gasteiger partial charge in [0.15, 0.2) is 0 Å². The van der Waals surface area contributed by atoms with Crippen LogP contribution >= 0.6 is 22.7 Å². The molecule has 0 spiro atoms. The fraction of sp³-hybridized carbons (Fsp3) is 0.333. The molecule has 2 aromatic heterocycles. The SMILES string of the molecule is N#Cc1ccc(S(=O)(=O)N2CCC(C(=O)N3CCc4sccc4[C@@H]3c3cccs3)CC2)cc1. The minimum atomic E-state index is -3.64. The van der Waals surface area contributed by atoms with Crippen LogP contribution in [0.15, 0.2) is 58.1 Å². The molecule has 2 aliphatic heterocycles. The van der Waals surface area contributed by atoms with E-state index in [1.54, 1.807) is 22.7 Å². The number of nitriles is 1. The number of hydrogen-bond donors (Lipinski definition) is 0. The Hall–Kier alpha value is -2.51. The van der Waals surface area contributed by atoms with E-state index in [1.807, 2.05) is 22.4 Å². The largest absolute Gasteiger partial charge is 0.330 e. The molecule has 0 saturated carbocycles. The van der Waals surface area contributed by atoms with Crippen LogP contribution in [-0.4, -0.2) is 43.2 Å². The fourth-order valence-electron chi connectivity index (χ4n) is 4.74. The third kappa shape index (κ3) is 4.13. The summed E-state index contributed by atoms with van der Waals surface area (Å²) >= 11 is 3.43. The summed E-state index contributed by atoms with van der Waals surface area (Å²) in [4.78, 5) is 18.3. The summed E-state index contributed by atoms with van der Waals surface area (Å²) in [5.41, 5.74) is 1.65. The highest BCUT2D eigenvalue weighted by Gasteiger charge is 2.39. The van der Waals surface area contributed by atoms with Crippen molar-refractivity contribution >= 4 is 38.6 Å². The first kappa shape index (κ1) is 22.3. The molecule has 0 N–H and O–H groups in total. The molecule has 0 bridgehead atoms. The summed E-state index contributed by atoms with van der Waals surface area (Å²) in [7, 11) is -3.64. The Labute approximate surface area is 201 Å². The van der Waals surface area contributed by atoms with Crippen molar-refractivity contribution in [2.45, 2.75) is 30.2 Å². The molecule has 1 saturated heterocycles. The van der Waals surface area contributed by atoms with Crippen LogP contribution in [0.3, 0.4) is 0 Å². The van der Waals surface area contributed by atoms with Crippen LogP contribution in [0.25, 0.3) is 0 Å². The molecule has 0 radical (unpaired) electrons. The molecule has 9 heteroatoms. The number of thiophene rings is 2. The van der Waals surface area contributed by atoms with E-state index in [9.17, 15) is 13.2 Å². The van der Waals surface area contributed by atoms with Gasteiger partial charge in [-0.3, -0.25) is 4.79 Å². The van der Waals surface area contributed by atoms with E-state index in [0.717, 1.165) is 6.42 Å². The molecule has 1 amide bonds. The highest BCUT2D eigenvalue weighted by molar-refractivity contribution is 7.89. The maximum absolute atomic E-state index is 13.6. The van der Waals surface area contributed by atoms with E-state index >= 15 is 0 Å². The highest BCUT2D eigenvalue weighted by atomic mass is 32.2. The van der Waals surface area contributed by atoms with E-state index in [4.69, 9.17) is 5.26 Å². The molecule has 4 heterocycles. The summed E-state index contributed by atoms with van der Waals surface area (Å²) in [6.07, 6.45) is 1.89. The lowest BCUT2D eigenvalue weighted by atomic mass is 9.92. The molecule has 0 unspecified atom stereocenters. The number of hydrogen-bond acceptors (Lipinski definition) is 6. The van der Waals surface area contributed by atoms with Crippen LogP contribution in [0.5, 0.6) is 0 Å². The third-order valence-corrected chi connectivity index (χ3v) is 10.3. The second-order valence-corrected chi connectivity index (χ2v) is 12.2. The van der Waals surface area contributed by atoms with Gasteiger partial charge < -0.3 is 4.90 Å². The standard InChI is InChI=1S/C24H23N3O3S3/c25-16-17-3-5-19(6-4-17)33(29,30)26-11-7-18(8-12-26)24(28)27-13-9-21-20(10-15-32-21)23(27)22-2-1-14-31-22/h1-6,10,14-15,18,23H,7-9,11-13H2/t23-/m1/s1. The Kier molecular flexibility index (Phi) is 6.10. The van der Waals surface area contributed by atoms with Gasteiger partial charge in [-0.2, -0.15) is 9.57 Å². The lowest BCUT2D eigenvalue weighted by Gasteiger charge is -2.39. The molecular weight excluding hydrogens is 474 g/mol. The zero-order valence-corrected chi connectivity index (χ0v) is 20.3. The van der Waals surface area contributed by atoms with Crippen LogP contribution < -0.4 is 0 Å². The van der Waals surface area contributed by atoms with Gasteiger partial charge in [-0.15, -0.1) is 22.7 Å². The van der Waals surface area contributed by atoms with Gasteiger partial charge in [-0.05, 0) is 72.0 Å². The molecule has 2 aliphatic rings. The summed E-state index contributed by atoms with van der Waals surface area (Å²) in [6, 6.07) is 14.2. The van der Waals surface area contributed by atoms with Crippen molar-refractivity contribution in [3.63, 3.8) is 0 Å². The van der Waals surface area contributed by atoms with Crippen LogP contribution in [0, 0.1) is 17.2 Å². The van der Waals surface area contributed by atoms with Crippen molar-refractivity contribution < 1.29 is 13.2 Å². The number of nitrogens with zero attached hydrogens (tertiary/aromatic N) is 3. The van der Waals surface area contributed by atoms with E-state index < -0.39 is 10.0 Å². The average Bonchev–Trinajstić information content (AvgIpc) is 3.55. The Bertz CT molecular complexity index is 1280. The third-order valence-electron chi connectivity index (χ3n) is 6.49. The molecular formula is C24H23N3O3S3. The lowest BCUT2D eigenvalue weighted by Crippen LogP contribution is -2.47. The van der Waals surface area contributed by atoms with Crippen LogP contribution in [0.1, 0.15) is 39.8 Å². The predicted molar refractivity (Wildman–Crippen MR) is 129 cm³/mol. The first-order valence-electron chi connectivity index (χ1n) is 10.9. The summed E-state index contributed by atoms with van der Waals surface area (Å²) in [5.74, 6) is -0.0549.